The standard InChI is InChI=1S/C21H31N3O8S.Na/c1-13(2)10-16(24-21(28)32-12-14-6-4-3-5-7-14)19(26)23-17(20(27)33(29,30)31)11-15-8-9-22-18(15)25;/h3-7,13,15-17,20,27H,8-12H2,1-2H3,(H,22,25)(H,23,26)(H,24,28)(H,29,30,31);/q;+1/t15?,16-,17-,20?;/m0./s1. The molecule has 1 saturated heterocycles. The van der Waals surface area contributed by atoms with Crippen molar-refractivity contribution in [2.24, 2.45) is 11.8 Å². The van der Waals surface area contributed by atoms with E-state index < -0.39 is 45.6 Å². The molecule has 1 aliphatic rings. The first-order chi connectivity index (χ1) is 15.5. The van der Waals surface area contributed by atoms with Crippen LogP contribution in [-0.2, 0) is 31.1 Å². The number of amides is 3. The summed E-state index contributed by atoms with van der Waals surface area (Å²) in [6, 6.07) is 6.38. The second kappa shape index (κ2) is 14.0. The molecule has 11 nitrogen and oxygen atoms in total. The van der Waals surface area contributed by atoms with Gasteiger partial charge in [-0.1, -0.05) is 44.2 Å². The number of alkyl carbamates (subject to hydrolysis) is 1. The average molecular weight is 509 g/mol. The first kappa shape index (κ1) is 30.3. The van der Waals surface area contributed by atoms with Gasteiger partial charge in [0.1, 0.15) is 12.6 Å². The van der Waals surface area contributed by atoms with Crippen LogP contribution in [0.5, 0.6) is 0 Å². The Morgan fingerprint density at radius 1 is 1.21 bits per heavy atom. The molecule has 1 aromatic carbocycles. The van der Waals surface area contributed by atoms with Crippen molar-refractivity contribution in [1.29, 1.82) is 0 Å². The molecule has 2 unspecified atom stereocenters. The van der Waals surface area contributed by atoms with E-state index in [9.17, 15) is 32.5 Å². The van der Waals surface area contributed by atoms with Gasteiger partial charge in [0, 0.05) is 12.5 Å². The van der Waals surface area contributed by atoms with Gasteiger partial charge < -0.3 is 25.8 Å². The predicted octanol–water partition coefficient (Wildman–Crippen LogP) is -2.45. The number of hydrogen-bond acceptors (Lipinski definition) is 7. The van der Waals surface area contributed by atoms with Crippen LogP contribution in [0, 0.1) is 11.8 Å². The summed E-state index contributed by atoms with van der Waals surface area (Å²) >= 11 is 0. The zero-order chi connectivity index (χ0) is 24.6. The Bertz CT molecular complexity index is 929. The molecule has 1 aromatic rings. The van der Waals surface area contributed by atoms with Gasteiger partial charge in [-0.25, -0.2) is 4.79 Å². The van der Waals surface area contributed by atoms with Gasteiger partial charge in [0.25, 0.3) is 10.1 Å². The SMILES string of the molecule is CC(C)C[C@H](NC(=O)OCc1ccccc1)C(=O)N[C@@H](CC1CCNC1=O)C(O)S(=O)(=O)O.[Na+]. The van der Waals surface area contributed by atoms with Crippen LogP contribution in [0.15, 0.2) is 30.3 Å². The van der Waals surface area contributed by atoms with Crippen LogP contribution in [0.1, 0.15) is 38.7 Å². The van der Waals surface area contributed by atoms with Crippen molar-refractivity contribution < 1.29 is 66.8 Å². The van der Waals surface area contributed by atoms with Crippen LogP contribution in [-0.4, -0.2) is 60.0 Å². The molecule has 3 amide bonds. The smallest absolute Gasteiger partial charge is 0.445 e. The molecule has 0 aromatic heterocycles. The maximum Gasteiger partial charge on any atom is 1.00 e. The fourth-order valence-corrected chi connectivity index (χ4v) is 4.12. The van der Waals surface area contributed by atoms with Gasteiger partial charge in [-0.15, -0.1) is 0 Å². The number of aliphatic hydroxyl groups excluding tert-OH is 1. The quantitative estimate of drug-likeness (QED) is 0.162. The number of rotatable bonds is 11. The van der Waals surface area contributed by atoms with Gasteiger partial charge in [0.05, 0.1) is 6.04 Å². The van der Waals surface area contributed by atoms with Crippen LogP contribution in [0.4, 0.5) is 4.79 Å². The predicted molar refractivity (Wildman–Crippen MR) is 118 cm³/mol. The third kappa shape index (κ3) is 9.88. The Hall–Kier alpha value is -1.70. The maximum absolute atomic E-state index is 12.9. The van der Waals surface area contributed by atoms with Gasteiger partial charge in [0.15, 0.2) is 0 Å². The normalized spacial score (nSPS) is 18.3. The largest absolute Gasteiger partial charge is 1.00 e. The van der Waals surface area contributed by atoms with Crippen molar-refractivity contribution in [1.82, 2.24) is 16.0 Å². The van der Waals surface area contributed by atoms with E-state index in [4.69, 9.17) is 4.74 Å². The van der Waals surface area contributed by atoms with Crippen LogP contribution in [0.25, 0.3) is 0 Å². The van der Waals surface area contributed by atoms with E-state index in [2.05, 4.69) is 16.0 Å². The number of nitrogens with one attached hydrogen (secondary N) is 3. The number of carbonyl (C=O) groups excluding carboxylic acids is 3. The van der Waals surface area contributed by atoms with Crippen LogP contribution in [0.3, 0.4) is 0 Å². The van der Waals surface area contributed by atoms with Crippen molar-refractivity contribution >= 4 is 28.0 Å². The van der Waals surface area contributed by atoms with E-state index in [0.29, 0.717) is 13.0 Å². The van der Waals surface area contributed by atoms with Gasteiger partial charge in [-0.05, 0) is 30.7 Å². The summed E-state index contributed by atoms with van der Waals surface area (Å²) in [6.07, 6.45) is -0.458. The molecule has 1 fully saturated rings. The average Bonchev–Trinajstić information content (AvgIpc) is 3.14. The van der Waals surface area contributed by atoms with E-state index in [1.165, 1.54) is 0 Å². The molecule has 13 heteroatoms. The van der Waals surface area contributed by atoms with E-state index in [-0.39, 0.29) is 60.8 Å². The molecule has 4 atom stereocenters. The summed E-state index contributed by atoms with van der Waals surface area (Å²) in [5.41, 5.74) is -1.58. The minimum absolute atomic E-state index is 0. The summed E-state index contributed by atoms with van der Waals surface area (Å²) in [5, 5.41) is 17.5. The zero-order valence-electron chi connectivity index (χ0n) is 19.6. The summed E-state index contributed by atoms with van der Waals surface area (Å²) in [7, 11) is -4.92. The molecule has 0 bridgehead atoms. The Morgan fingerprint density at radius 2 is 1.85 bits per heavy atom. The second-order valence-corrected chi connectivity index (χ2v) is 9.93. The number of ether oxygens (including phenoxy) is 1. The first-order valence-electron chi connectivity index (χ1n) is 10.7. The minimum Gasteiger partial charge on any atom is -0.445 e. The van der Waals surface area contributed by atoms with Crippen molar-refractivity contribution in [3.8, 4) is 0 Å². The number of benzene rings is 1. The number of carbonyl (C=O) groups is 3. The van der Waals surface area contributed by atoms with Crippen molar-refractivity contribution in [3.63, 3.8) is 0 Å². The van der Waals surface area contributed by atoms with Gasteiger partial charge >= 0.3 is 35.7 Å². The van der Waals surface area contributed by atoms with Gasteiger partial charge in [-0.3, -0.25) is 14.1 Å². The van der Waals surface area contributed by atoms with E-state index in [0.717, 1.165) is 5.56 Å². The Kier molecular flexibility index (Phi) is 12.5. The Balaban J connectivity index is 0.00000578. The minimum atomic E-state index is -4.92. The molecule has 34 heavy (non-hydrogen) atoms. The van der Waals surface area contributed by atoms with E-state index in [1.54, 1.807) is 24.3 Å². The molecule has 0 radical (unpaired) electrons. The van der Waals surface area contributed by atoms with Crippen molar-refractivity contribution in [3.05, 3.63) is 35.9 Å². The third-order valence-electron chi connectivity index (χ3n) is 5.21. The van der Waals surface area contributed by atoms with Crippen LogP contribution in [0.2, 0.25) is 0 Å². The Morgan fingerprint density at radius 3 is 2.38 bits per heavy atom. The maximum atomic E-state index is 12.9. The molecule has 1 aliphatic heterocycles. The summed E-state index contributed by atoms with van der Waals surface area (Å²) in [4.78, 5) is 37.1. The molecule has 1 heterocycles. The van der Waals surface area contributed by atoms with Crippen LogP contribution < -0.4 is 45.5 Å². The molecule has 0 saturated carbocycles. The molecule has 5 N–H and O–H groups in total. The zero-order valence-corrected chi connectivity index (χ0v) is 22.4. The summed E-state index contributed by atoms with van der Waals surface area (Å²) in [5.74, 6) is -1.77. The molecule has 0 spiro atoms. The van der Waals surface area contributed by atoms with Crippen molar-refractivity contribution in [2.75, 3.05) is 6.54 Å². The van der Waals surface area contributed by atoms with Crippen LogP contribution >= 0.6 is 0 Å². The number of hydrogen-bond donors (Lipinski definition) is 5. The molecule has 0 aliphatic carbocycles. The summed E-state index contributed by atoms with van der Waals surface area (Å²) in [6.45, 7) is 4.02. The monoisotopic (exact) mass is 508 g/mol. The fraction of sp³-hybridized carbons (Fsp3) is 0.571. The van der Waals surface area contributed by atoms with E-state index >= 15 is 0 Å². The second-order valence-electron chi connectivity index (χ2n) is 8.42. The molecular weight excluding hydrogens is 477 g/mol. The fourth-order valence-electron chi connectivity index (χ4n) is 3.52. The van der Waals surface area contributed by atoms with Gasteiger partial charge in [-0.2, -0.15) is 8.42 Å². The summed E-state index contributed by atoms with van der Waals surface area (Å²) < 4.78 is 37.5. The van der Waals surface area contributed by atoms with Gasteiger partial charge in [0.2, 0.25) is 17.3 Å². The van der Waals surface area contributed by atoms with E-state index in [1.807, 2.05) is 19.9 Å². The topological polar surface area (TPSA) is 171 Å². The first-order valence-corrected chi connectivity index (χ1v) is 12.2. The molecule has 184 valence electrons. The Labute approximate surface area is 221 Å². The third-order valence-corrected chi connectivity index (χ3v) is 6.15. The molecular formula is C21H31N3NaO8S+. The van der Waals surface area contributed by atoms with Crippen molar-refractivity contribution in [2.45, 2.75) is 57.2 Å². The molecule has 2 rings (SSSR count). The number of aliphatic hydroxyl groups is 1.